The molecule has 2 heterocycles. The van der Waals surface area contributed by atoms with Gasteiger partial charge in [-0.2, -0.15) is 5.10 Å². The fraction of sp³-hybridized carbons (Fsp3) is 0.364. The standard InChI is InChI=1S/C22H25FN4O/c1-3-27-11-9-16(10-12-27)24-22(28)21-18-13-15(7-8-19(18)25-26-21)17-6-4-5-14(2)20(17)23/h4-8,13,16H,3,9-12H2,1-2H3,(H,24,28)(H,25,26). The van der Waals surface area contributed by atoms with Gasteiger partial charge in [-0.25, -0.2) is 4.39 Å². The van der Waals surface area contributed by atoms with E-state index in [-0.39, 0.29) is 17.8 Å². The first kappa shape index (κ1) is 18.6. The summed E-state index contributed by atoms with van der Waals surface area (Å²) in [5.41, 5.74) is 2.99. The van der Waals surface area contributed by atoms with Gasteiger partial charge >= 0.3 is 0 Å². The molecular weight excluding hydrogens is 355 g/mol. The molecule has 1 amide bonds. The van der Waals surface area contributed by atoms with Crippen molar-refractivity contribution in [3.63, 3.8) is 0 Å². The second-order valence-electron chi connectivity index (χ2n) is 7.45. The number of H-pyrrole nitrogens is 1. The van der Waals surface area contributed by atoms with Crippen LogP contribution < -0.4 is 5.32 Å². The van der Waals surface area contributed by atoms with Gasteiger partial charge in [-0.05, 0) is 49.6 Å². The predicted octanol–water partition coefficient (Wildman–Crippen LogP) is 3.89. The van der Waals surface area contributed by atoms with Gasteiger partial charge in [0.2, 0.25) is 0 Å². The highest BCUT2D eigenvalue weighted by Gasteiger charge is 2.22. The highest BCUT2D eigenvalue weighted by atomic mass is 19.1. The Morgan fingerprint density at radius 2 is 2.07 bits per heavy atom. The van der Waals surface area contributed by atoms with Gasteiger partial charge in [0.05, 0.1) is 5.52 Å². The highest BCUT2D eigenvalue weighted by Crippen LogP contribution is 2.28. The summed E-state index contributed by atoms with van der Waals surface area (Å²) in [4.78, 5) is 15.2. The second-order valence-corrected chi connectivity index (χ2v) is 7.45. The van der Waals surface area contributed by atoms with Crippen molar-refractivity contribution in [1.29, 1.82) is 0 Å². The summed E-state index contributed by atoms with van der Waals surface area (Å²) in [6.07, 6.45) is 1.89. The first-order valence-electron chi connectivity index (χ1n) is 9.83. The molecule has 0 bridgehead atoms. The number of nitrogens with zero attached hydrogens (tertiary/aromatic N) is 2. The van der Waals surface area contributed by atoms with Gasteiger partial charge in [0.1, 0.15) is 5.82 Å². The van der Waals surface area contributed by atoms with E-state index >= 15 is 0 Å². The zero-order valence-corrected chi connectivity index (χ0v) is 16.3. The van der Waals surface area contributed by atoms with E-state index in [0.29, 0.717) is 22.2 Å². The Bertz CT molecular complexity index is 1000. The maximum absolute atomic E-state index is 14.5. The average molecular weight is 380 g/mol. The Labute approximate surface area is 163 Å². The minimum Gasteiger partial charge on any atom is -0.348 e. The zero-order chi connectivity index (χ0) is 19.7. The normalized spacial score (nSPS) is 15.8. The molecule has 4 rings (SSSR count). The summed E-state index contributed by atoms with van der Waals surface area (Å²) in [5.74, 6) is -0.415. The van der Waals surface area contributed by atoms with Gasteiger partial charge in [0, 0.05) is 30.1 Å². The van der Waals surface area contributed by atoms with Crippen molar-refractivity contribution >= 4 is 16.8 Å². The summed E-state index contributed by atoms with van der Waals surface area (Å²) in [5, 5.41) is 11.0. The first-order chi connectivity index (χ1) is 13.6. The van der Waals surface area contributed by atoms with Crippen molar-refractivity contribution in [2.45, 2.75) is 32.7 Å². The Hall–Kier alpha value is -2.73. The van der Waals surface area contributed by atoms with Crippen LogP contribution in [0.5, 0.6) is 0 Å². The monoisotopic (exact) mass is 380 g/mol. The molecule has 1 fully saturated rings. The molecule has 6 heteroatoms. The minimum atomic E-state index is -0.237. The van der Waals surface area contributed by atoms with Crippen molar-refractivity contribution in [3.05, 3.63) is 53.5 Å². The fourth-order valence-corrected chi connectivity index (χ4v) is 3.87. The Morgan fingerprint density at radius 3 is 2.82 bits per heavy atom. The topological polar surface area (TPSA) is 61.0 Å². The Kier molecular flexibility index (Phi) is 5.13. The van der Waals surface area contributed by atoms with E-state index in [4.69, 9.17) is 0 Å². The number of aryl methyl sites for hydroxylation is 1. The maximum atomic E-state index is 14.5. The number of aromatic nitrogens is 2. The van der Waals surface area contributed by atoms with Crippen molar-refractivity contribution in [3.8, 4) is 11.1 Å². The van der Waals surface area contributed by atoms with Gasteiger partial charge in [-0.1, -0.05) is 31.2 Å². The number of hydrogen-bond acceptors (Lipinski definition) is 3. The van der Waals surface area contributed by atoms with Crippen LogP contribution in [0.1, 0.15) is 35.8 Å². The lowest BCUT2D eigenvalue weighted by atomic mass is 10.00. The van der Waals surface area contributed by atoms with Crippen LogP contribution in [0.3, 0.4) is 0 Å². The van der Waals surface area contributed by atoms with E-state index in [2.05, 4.69) is 27.3 Å². The molecule has 0 radical (unpaired) electrons. The summed E-state index contributed by atoms with van der Waals surface area (Å²) in [6.45, 7) is 6.95. The van der Waals surface area contributed by atoms with Crippen LogP contribution in [-0.2, 0) is 0 Å². The van der Waals surface area contributed by atoms with E-state index in [1.165, 1.54) is 0 Å². The molecule has 2 aromatic carbocycles. The zero-order valence-electron chi connectivity index (χ0n) is 16.3. The van der Waals surface area contributed by atoms with Crippen molar-refractivity contribution in [1.82, 2.24) is 20.4 Å². The summed E-state index contributed by atoms with van der Waals surface area (Å²) in [6, 6.07) is 11.0. The van der Waals surface area contributed by atoms with E-state index in [1.54, 1.807) is 19.1 Å². The number of nitrogens with one attached hydrogen (secondary N) is 2. The molecule has 1 saturated heterocycles. The number of rotatable bonds is 4. The summed E-state index contributed by atoms with van der Waals surface area (Å²) in [7, 11) is 0. The van der Waals surface area contributed by atoms with Crippen LogP contribution in [0.2, 0.25) is 0 Å². The smallest absolute Gasteiger partial charge is 0.272 e. The lowest BCUT2D eigenvalue weighted by Crippen LogP contribution is -2.44. The number of fused-ring (bicyclic) bond motifs is 1. The van der Waals surface area contributed by atoms with Gasteiger partial charge in [0.15, 0.2) is 5.69 Å². The Balaban J connectivity index is 1.60. The fourth-order valence-electron chi connectivity index (χ4n) is 3.87. The third-order valence-electron chi connectivity index (χ3n) is 5.65. The third-order valence-corrected chi connectivity index (χ3v) is 5.65. The molecule has 0 saturated carbocycles. The maximum Gasteiger partial charge on any atom is 0.272 e. The van der Waals surface area contributed by atoms with Crippen molar-refractivity contribution in [2.24, 2.45) is 0 Å². The predicted molar refractivity (Wildman–Crippen MR) is 109 cm³/mol. The van der Waals surface area contributed by atoms with E-state index in [0.717, 1.165) is 43.6 Å². The largest absolute Gasteiger partial charge is 0.348 e. The number of piperidine rings is 1. The molecule has 5 nitrogen and oxygen atoms in total. The first-order valence-corrected chi connectivity index (χ1v) is 9.83. The molecule has 146 valence electrons. The quantitative estimate of drug-likeness (QED) is 0.722. The molecule has 1 aliphatic heterocycles. The molecule has 28 heavy (non-hydrogen) atoms. The SMILES string of the molecule is CCN1CCC(NC(=O)c2n[nH]c3ccc(-c4cccc(C)c4F)cc23)CC1. The van der Waals surface area contributed by atoms with Gasteiger partial charge in [0.25, 0.3) is 5.91 Å². The van der Waals surface area contributed by atoms with Crippen LogP contribution >= 0.6 is 0 Å². The highest BCUT2D eigenvalue weighted by molar-refractivity contribution is 6.05. The minimum absolute atomic E-state index is 0.166. The lowest BCUT2D eigenvalue weighted by Gasteiger charge is -2.31. The van der Waals surface area contributed by atoms with Crippen molar-refractivity contribution in [2.75, 3.05) is 19.6 Å². The summed E-state index contributed by atoms with van der Waals surface area (Å²) < 4.78 is 14.5. The van der Waals surface area contributed by atoms with Crippen LogP contribution in [0.4, 0.5) is 4.39 Å². The third kappa shape index (κ3) is 3.52. The number of carbonyl (C=O) groups is 1. The van der Waals surface area contributed by atoms with E-state index in [9.17, 15) is 9.18 Å². The van der Waals surface area contributed by atoms with E-state index < -0.39 is 0 Å². The molecule has 2 N–H and O–H groups in total. The number of aromatic amines is 1. The average Bonchev–Trinajstić information content (AvgIpc) is 3.14. The van der Waals surface area contributed by atoms with Crippen LogP contribution in [0.15, 0.2) is 36.4 Å². The van der Waals surface area contributed by atoms with Gasteiger partial charge in [-0.15, -0.1) is 0 Å². The van der Waals surface area contributed by atoms with Crippen LogP contribution in [-0.4, -0.2) is 46.7 Å². The van der Waals surface area contributed by atoms with Crippen molar-refractivity contribution < 1.29 is 9.18 Å². The lowest BCUT2D eigenvalue weighted by molar-refractivity contribution is 0.0909. The second kappa shape index (κ2) is 7.72. The number of hydrogen-bond donors (Lipinski definition) is 2. The van der Waals surface area contributed by atoms with E-state index in [1.807, 2.05) is 24.3 Å². The molecular formula is C22H25FN4O. The molecule has 0 aliphatic carbocycles. The van der Waals surface area contributed by atoms with Gasteiger partial charge in [-0.3, -0.25) is 9.89 Å². The van der Waals surface area contributed by atoms with Crippen LogP contribution in [0, 0.1) is 12.7 Å². The molecule has 0 atom stereocenters. The number of benzene rings is 2. The van der Waals surface area contributed by atoms with Gasteiger partial charge < -0.3 is 10.2 Å². The molecule has 1 aliphatic rings. The number of halogens is 1. The summed E-state index contributed by atoms with van der Waals surface area (Å²) >= 11 is 0. The number of carbonyl (C=O) groups excluding carboxylic acids is 1. The molecule has 0 unspecified atom stereocenters. The molecule has 0 spiro atoms. The number of likely N-dealkylation sites (tertiary alicyclic amines) is 1. The molecule has 3 aromatic rings. The number of amides is 1. The molecule has 1 aromatic heterocycles. The Morgan fingerprint density at radius 1 is 1.29 bits per heavy atom. The van der Waals surface area contributed by atoms with Crippen LogP contribution in [0.25, 0.3) is 22.0 Å².